The van der Waals surface area contributed by atoms with Crippen molar-refractivity contribution in [2.45, 2.75) is 38.7 Å². The largest absolute Gasteiger partial charge is 0.493 e. The van der Waals surface area contributed by atoms with Crippen LogP contribution in [0.5, 0.6) is 5.75 Å². The molecule has 0 spiro atoms. The third-order valence-corrected chi connectivity index (χ3v) is 4.78. The van der Waals surface area contributed by atoms with Gasteiger partial charge in [-0.05, 0) is 49.9 Å². The van der Waals surface area contributed by atoms with Crippen molar-refractivity contribution in [2.75, 3.05) is 19.7 Å². The average molecular weight is 344 g/mol. The minimum atomic E-state index is -1.13. The molecule has 7 heteroatoms. The smallest absolute Gasteiger partial charge is 0.226 e. The van der Waals surface area contributed by atoms with Crippen molar-refractivity contribution in [3.05, 3.63) is 41.2 Å². The van der Waals surface area contributed by atoms with Crippen LogP contribution < -0.4 is 4.74 Å². The predicted octanol–water partition coefficient (Wildman–Crippen LogP) is 1.70. The van der Waals surface area contributed by atoms with E-state index in [1.807, 2.05) is 25.1 Å². The van der Waals surface area contributed by atoms with E-state index in [-0.39, 0.29) is 18.9 Å². The molecule has 0 unspecified atom stereocenters. The number of ether oxygens (including phenoxy) is 1. The number of β-amino-alcohol motifs (C(OH)–C–C–N with tert-alkyl or cyclic N) is 1. The summed E-state index contributed by atoms with van der Waals surface area (Å²) >= 11 is 0. The van der Waals surface area contributed by atoms with Crippen molar-refractivity contribution < 1.29 is 14.6 Å². The summed E-state index contributed by atoms with van der Waals surface area (Å²) < 4.78 is 5.69. The lowest BCUT2D eigenvalue weighted by molar-refractivity contribution is -0.139. The van der Waals surface area contributed by atoms with Crippen LogP contribution >= 0.6 is 0 Å². The van der Waals surface area contributed by atoms with Crippen LogP contribution in [-0.2, 0) is 10.4 Å². The van der Waals surface area contributed by atoms with Crippen LogP contribution in [0.15, 0.2) is 24.4 Å². The molecule has 1 fully saturated rings. The lowest BCUT2D eigenvalue weighted by Gasteiger charge is -2.38. The quantitative estimate of drug-likeness (QED) is 0.861. The highest BCUT2D eigenvalue weighted by Crippen LogP contribution is 2.30. The van der Waals surface area contributed by atoms with Crippen molar-refractivity contribution in [3.63, 3.8) is 0 Å². The molecule has 134 valence electrons. The molecule has 2 heterocycles. The number of benzene rings is 1. The Morgan fingerprint density at radius 3 is 2.96 bits per heavy atom. The number of carbonyl (C=O) groups excluding carboxylic acids is 1. The number of H-pyrrole nitrogens is 1. The van der Waals surface area contributed by atoms with E-state index in [1.54, 1.807) is 4.90 Å². The van der Waals surface area contributed by atoms with Crippen molar-refractivity contribution in [1.29, 1.82) is 0 Å². The maximum Gasteiger partial charge on any atom is 0.226 e. The Hall–Kier alpha value is -2.41. The molecule has 25 heavy (non-hydrogen) atoms. The van der Waals surface area contributed by atoms with Gasteiger partial charge in [0.15, 0.2) is 0 Å². The molecule has 1 aromatic heterocycles. The van der Waals surface area contributed by atoms with Gasteiger partial charge in [-0.15, -0.1) is 0 Å². The van der Waals surface area contributed by atoms with Gasteiger partial charge < -0.3 is 14.7 Å². The zero-order valence-corrected chi connectivity index (χ0v) is 14.7. The number of likely N-dealkylation sites (tertiary alicyclic amines) is 1. The van der Waals surface area contributed by atoms with Crippen LogP contribution in [0.4, 0.5) is 0 Å². The zero-order chi connectivity index (χ0) is 17.9. The Balaban J connectivity index is 1.53. The first-order chi connectivity index (χ1) is 12.0. The van der Waals surface area contributed by atoms with Gasteiger partial charge in [-0.2, -0.15) is 15.4 Å². The molecule has 1 atom stereocenters. The molecule has 2 N–H and O–H groups in total. The Morgan fingerprint density at radius 1 is 1.40 bits per heavy atom. The molecule has 1 amide bonds. The van der Waals surface area contributed by atoms with E-state index in [1.165, 1.54) is 11.8 Å². The van der Waals surface area contributed by atoms with Crippen LogP contribution in [0, 0.1) is 13.8 Å². The van der Waals surface area contributed by atoms with Gasteiger partial charge >= 0.3 is 0 Å². The maximum absolute atomic E-state index is 12.5. The van der Waals surface area contributed by atoms with E-state index < -0.39 is 5.60 Å². The van der Waals surface area contributed by atoms with Gasteiger partial charge in [0.25, 0.3) is 0 Å². The first-order valence-electron chi connectivity index (χ1n) is 8.54. The van der Waals surface area contributed by atoms with Gasteiger partial charge in [-0.3, -0.25) is 4.79 Å². The number of aromatic nitrogens is 3. The number of piperidine rings is 1. The van der Waals surface area contributed by atoms with Gasteiger partial charge in [-0.1, -0.05) is 6.07 Å². The summed E-state index contributed by atoms with van der Waals surface area (Å²) in [6.07, 6.45) is 3.09. The van der Waals surface area contributed by atoms with Gasteiger partial charge in [0.1, 0.15) is 17.0 Å². The fourth-order valence-corrected chi connectivity index (χ4v) is 3.10. The van der Waals surface area contributed by atoms with E-state index in [0.29, 0.717) is 25.3 Å². The first kappa shape index (κ1) is 17.4. The summed E-state index contributed by atoms with van der Waals surface area (Å²) in [5.41, 5.74) is 1.73. The van der Waals surface area contributed by atoms with E-state index in [4.69, 9.17) is 4.74 Å². The summed E-state index contributed by atoms with van der Waals surface area (Å²) in [5, 5.41) is 21.0. The highest BCUT2D eigenvalue weighted by atomic mass is 16.5. The molecule has 2 aromatic rings. The highest BCUT2D eigenvalue weighted by molar-refractivity contribution is 5.76. The number of amides is 1. The molecule has 1 saturated heterocycles. The van der Waals surface area contributed by atoms with Crippen LogP contribution in [0.1, 0.15) is 36.1 Å². The summed E-state index contributed by atoms with van der Waals surface area (Å²) in [6, 6.07) is 5.90. The van der Waals surface area contributed by atoms with E-state index in [9.17, 15) is 9.90 Å². The van der Waals surface area contributed by atoms with Crippen LogP contribution in [0.25, 0.3) is 0 Å². The first-order valence-corrected chi connectivity index (χ1v) is 8.54. The SMILES string of the molecule is Cc1ccc(OCCC(=O)N2CCC[C@@](O)(c3cn[nH]n3)C2)cc1C. The third-order valence-electron chi connectivity index (χ3n) is 4.78. The second-order valence-corrected chi connectivity index (χ2v) is 6.65. The topological polar surface area (TPSA) is 91.3 Å². The lowest BCUT2D eigenvalue weighted by Crippen LogP contribution is -2.49. The maximum atomic E-state index is 12.5. The minimum absolute atomic E-state index is 0.0227. The summed E-state index contributed by atoms with van der Waals surface area (Å²) in [4.78, 5) is 14.1. The molecule has 7 nitrogen and oxygen atoms in total. The average Bonchev–Trinajstić information content (AvgIpc) is 3.13. The molecular weight excluding hydrogens is 320 g/mol. The van der Waals surface area contributed by atoms with Crippen LogP contribution in [0.2, 0.25) is 0 Å². The number of aromatic amines is 1. The Bertz CT molecular complexity index is 732. The van der Waals surface area contributed by atoms with Crippen molar-refractivity contribution >= 4 is 5.91 Å². The van der Waals surface area contributed by atoms with Crippen molar-refractivity contribution in [3.8, 4) is 5.75 Å². The number of carbonyl (C=O) groups is 1. The molecule has 0 bridgehead atoms. The zero-order valence-electron chi connectivity index (χ0n) is 14.7. The number of aryl methyl sites for hydroxylation is 2. The van der Waals surface area contributed by atoms with Gasteiger partial charge in [0, 0.05) is 6.54 Å². The molecular formula is C18H24N4O3. The Kier molecular flexibility index (Phi) is 5.03. The number of hydrogen-bond acceptors (Lipinski definition) is 5. The fourth-order valence-electron chi connectivity index (χ4n) is 3.10. The number of nitrogens with zero attached hydrogens (tertiary/aromatic N) is 3. The van der Waals surface area contributed by atoms with E-state index >= 15 is 0 Å². The molecule has 0 radical (unpaired) electrons. The number of aliphatic hydroxyl groups is 1. The molecule has 1 aromatic carbocycles. The Labute approximate surface area is 147 Å². The lowest BCUT2D eigenvalue weighted by atomic mass is 9.90. The van der Waals surface area contributed by atoms with E-state index in [0.717, 1.165) is 17.7 Å². The molecule has 1 aliphatic rings. The summed E-state index contributed by atoms with van der Waals surface area (Å²) in [5.74, 6) is 0.749. The third kappa shape index (κ3) is 3.99. The normalized spacial score (nSPS) is 20.5. The summed E-state index contributed by atoms with van der Waals surface area (Å²) in [7, 11) is 0. The molecule has 3 rings (SSSR count). The van der Waals surface area contributed by atoms with Crippen LogP contribution in [-0.4, -0.2) is 51.0 Å². The second-order valence-electron chi connectivity index (χ2n) is 6.65. The minimum Gasteiger partial charge on any atom is -0.493 e. The summed E-state index contributed by atoms with van der Waals surface area (Å²) in [6.45, 7) is 5.28. The monoisotopic (exact) mass is 344 g/mol. The molecule has 0 aliphatic carbocycles. The van der Waals surface area contributed by atoms with Crippen molar-refractivity contribution in [2.24, 2.45) is 0 Å². The predicted molar refractivity (Wildman–Crippen MR) is 92.1 cm³/mol. The fraction of sp³-hybridized carbons (Fsp3) is 0.500. The molecule has 1 aliphatic heterocycles. The van der Waals surface area contributed by atoms with Gasteiger partial charge in [-0.25, -0.2) is 0 Å². The number of nitrogens with one attached hydrogen (secondary N) is 1. The molecule has 0 saturated carbocycles. The van der Waals surface area contributed by atoms with Gasteiger partial charge in [0.05, 0.1) is 25.8 Å². The van der Waals surface area contributed by atoms with E-state index in [2.05, 4.69) is 22.3 Å². The number of hydrogen-bond donors (Lipinski definition) is 2. The van der Waals surface area contributed by atoms with Gasteiger partial charge in [0.2, 0.25) is 5.91 Å². The Morgan fingerprint density at radius 2 is 2.24 bits per heavy atom. The highest BCUT2D eigenvalue weighted by Gasteiger charge is 2.38. The van der Waals surface area contributed by atoms with Crippen LogP contribution in [0.3, 0.4) is 0 Å². The van der Waals surface area contributed by atoms with Crippen molar-refractivity contribution in [1.82, 2.24) is 20.3 Å². The second kappa shape index (κ2) is 7.23. The standard InChI is InChI=1S/C18H24N4O3/c1-13-4-5-15(10-14(13)2)25-9-6-17(23)22-8-3-7-18(24,12-22)16-11-19-21-20-16/h4-5,10-11,24H,3,6-9,12H2,1-2H3,(H,19,20,21)/t18-/m0/s1. The number of rotatable bonds is 5.